The Hall–Kier alpha value is -1.68. The molecule has 1 N–H and O–H groups in total. The Morgan fingerprint density at radius 1 is 1.17 bits per heavy atom. The van der Waals surface area contributed by atoms with Crippen molar-refractivity contribution in [3.8, 4) is 11.4 Å². The molecule has 2 heterocycles. The molecule has 0 saturated carbocycles. The zero-order chi connectivity index (χ0) is 12.4. The Morgan fingerprint density at radius 2 is 1.89 bits per heavy atom. The molecule has 0 atom stereocenters. The van der Waals surface area contributed by atoms with Crippen LogP contribution in [0.4, 0.5) is 0 Å². The van der Waals surface area contributed by atoms with Crippen LogP contribution in [0.3, 0.4) is 0 Å². The summed E-state index contributed by atoms with van der Waals surface area (Å²) in [4.78, 5) is 4.57. The van der Waals surface area contributed by atoms with Crippen LogP contribution in [0, 0.1) is 0 Å². The van der Waals surface area contributed by atoms with E-state index in [4.69, 9.17) is 4.52 Å². The van der Waals surface area contributed by atoms with Crippen molar-refractivity contribution in [2.24, 2.45) is 0 Å². The summed E-state index contributed by atoms with van der Waals surface area (Å²) in [7, 11) is 0. The second-order valence-electron chi connectivity index (χ2n) is 5.10. The summed E-state index contributed by atoms with van der Waals surface area (Å²) in [5.74, 6) is 1.45. The van der Waals surface area contributed by atoms with Crippen LogP contribution in [-0.4, -0.2) is 23.2 Å². The first-order valence-corrected chi connectivity index (χ1v) is 6.38. The van der Waals surface area contributed by atoms with Crippen LogP contribution < -0.4 is 5.32 Å². The summed E-state index contributed by atoms with van der Waals surface area (Å²) in [6.45, 7) is 4.23. The summed E-state index contributed by atoms with van der Waals surface area (Å²) < 4.78 is 5.47. The maximum atomic E-state index is 5.47. The first kappa shape index (κ1) is 11.4. The number of hydrogen-bond donors (Lipinski definition) is 1. The van der Waals surface area contributed by atoms with Crippen LogP contribution in [0.1, 0.15) is 25.7 Å². The van der Waals surface area contributed by atoms with E-state index in [1.54, 1.807) is 0 Å². The second kappa shape index (κ2) is 4.53. The van der Waals surface area contributed by atoms with Gasteiger partial charge in [-0.15, -0.1) is 0 Å². The lowest BCUT2D eigenvalue weighted by molar-refractivity contribution is 0.241. The Labute approximate surface area is 106 Å². The van der Waals surface area contributed by atoms with Crippen LogP contribution >= 0.6 is 0 Å². The molecule has 0 amide bonds. The molecule has 1 aromatic heterocycles. The molecule has 2 aromatic rings. The highest BCUT2D eigenvalue weighted by atomic mass is 16.5. The molecule has 1 aromatic carbocycles. The van der Waals surface area contributed by atoms with Gasteiger partial charge in [0.2, 0.25) is 11.7 Å². The number of nitrogens with zero attached hydrogens (tertiary/aromatic N) is 2. The van der Waals surface area contributed by atoms with Crippen molar-refractivity contribution in [1.82, 2.24) is 15.5 Å². The smallest absolute Gasteiger partial charge is 0.232 e. The molecule has 1 aliphatic rings. The molecule has 0 spiro atoms. The van der Waals surface area contributed by atoms with Crippen LogP contribution in [0.5, 0.6) is 0 Å². The molecule has 1 aliphatic heterocycles. The Bertz CT molecular complexity index is 515. The van der Waals surface area contributed by atoms with Gasteiger partial charge in [0.15, 0.2) is 0 Å². The van der Waals surface area contributed by atoms with Crippen LogP contribution in [0.2, 0.25) is 0 Å². The van der Waals surface area contributed by atoms with Crippen molar-refractivity contribution >= 4 is 0 Å². The van der Waals surface area contributed by atoms with Gasteiger partial charge >= 0.3 is 0 Å². The average Bonchev–Trinajstić information content (AvgIpc) is 2.91. The van der Waals surface area contributed by atoms with Gasteiger partial charge in [0.25, 0.3) is 0 Å². The van der Waals surface area contributed by atoms with Crippen LogP contribution in [0.25, 0.3) is 11.4 Å². The summed E-state index contributed by atoms with van der Waals surface area (Å²) in [6, 6.07) is 9.95. The average molecular weight is 243 g/mol. The highest BCUT2D eigenvalue weighted by Crippen LogP contribution is 2.32. The molecular weight excluding hydrogens is 226 g/mol. The van der Waals surface area contributed by atoms with Gasteiger partial charge < -0.3 is 9.84 Å². The van der Waals surface area contributed by atoms with E-state index in [0.717, 1.165) is 37.4 Å². The van der Waals surface area contributed by atoms with Gasteiger partial charge in [-0.1, -0.05) is 42.4 Å². The van der Waals surface area contributed by atoms with Gasteiger partial charge in [-0.05, 0) is 25.9 Å². The predicted octanol–water partition coefficient (Wildman–Crippen LogP) is 2.38. The number of aromatic nitrogens is 2. The fourth-order valence-electron chi connectivity index (χ4n) is 2.37. The van der Waals surface area contributed by atoms with Crippen molar-refractivity contribution in [2.75, 3.05) is 13.1 Å². The summed E-state index contributed by atoms with van der Waals surface area (Å²) >= 11 is 0. The van der Waals surface area contributed by atoms with Crippen molar-refractivity contribution < 1.29 is 4.52 Å². The normalized spacial score (nSPS) is 18.7. The second-order valence-corrected chi connectivity index (χ2v) is 5.10. The molecule has 4 nitrogen and oxygen atoms in total. The lowest BCUT2D eigenvalue weighted by atomic mass is 9.81. The molecule has 94 valence electrons. The fraction of sp³-hybridized carbons (Fsp3) is 0.429. The highest BCUT2D eigenvalue weighted by molar-refractivity contribution is 5.53. The quantitative estimate of drug-likeness (QED) is 0.879. The minimum atomic E-state index is 0.0191. The zero-order valence-electron chi connectivity index (χ0n) is 10.5. The first-order chi connectivity index (χ1) is 8.78. The third-order valence-corrected chi connectivity index (χ3v) is 3.68. The Balaban J connectivity index is 1.89. The fourth-order valence-corrected chi connectivity index (χ4v) is 2.37. The van der Waals surface area contributed by atoms with Gasteiger partial charge in [-0.3, -0.25) is 0 Å². The molecule has 0 bridgehead atoms. The molecule has 0 radical (unpaired) electrons. The van der Waals surface area contributed by atoms with Gasteiger partial charge in [0.1, 0.15) is 0 Å². The summed E-state index contributed by atoms with van der Waals surface area (Å²) in [5, 5.41) is 7.46. The van der Waals surface area contributed by atoms with Crippen LogP contribution in [0.15, 0.2) is 34.9 Å². The summed E-state index contributed by atoms with van der Waals surface area (Å²) in [6.07, 6.45) is 2.09. The SMILES string of the molecule is CC1(c2nc(-c3ccccc3)no2)CCNCC1. The number of hydrogen-bond acceptors (Lipinski definition) is 4. The largest absolute Gasteiger partial charge is 0.338 e. The Kier molecular flexibility index (Phi) is 2.88. The van der Waals surface area contributed by atoms with Gasteiger partial charge in [-0.25, -0.2) is 0 Å². The molecule has 1 fully saturated rings. The molecular formula is C14H17N3O. The lowest BCUT2D eigenvalue weighted by Crippen LogP contribution is -2.37. The van der Waals surface area contributed by atoms with Crippen molar-refractivity contribution in [3.05, 3.63) is 36.2 Å². The van der Waals surface area contributed by atoms with Gasteiger partial charge in [0.05, 0.1) is 0 Å². The Morgan fingerprint density at radius 3 is 2.61 bits per heavy atom. The van der Waals surface area contributed by atoms with Crippen molar-refractivity contribution in [1.29, 1.82) is 0 Å². The highest BCUT2D eigenvalue weighted by Gasteiger charge is 2.34. The van der Waals surface area contributed by atoms with E-state index < -0.39 is 0 Å². The predicted molar refractivity (Wildman–Crippen MR) is 69.2 cm³/mol. The zero-order valence-corrected chi connectivity index (χ0v) is 10.5. The van der Waals surface area contributed by atoms with Crippen molar-refractivity contribution in [2.45, 2.75) is 25.2 Å². The van der Waals surface area contributed by atoms with Crippen LogP contribution in [-0.2, 0) is 5.41 Å². The van der Waals surface area contributed by atoms with E-state index in [0.29, 0.717) is 5.82 Å². The van der Waals surface area contributed by atoms with E-state index in [-0.39, 0.29) is 5.41 Å². The van der Waals surface area contributed by atoms with E-state index >= 15 is 0 Å². The third-order valence-electron chi connectivity index (χ3n) is 3.68. The standard InChI is InChI=1S/C14H17N3O/c1-14(7-9-15-10-8-14)13-16-12(17-18-13)11-5-3-2-4-6-11/h2-6,15H,7-10H2,1H3. The number of piperidine rings is 1. The third kappa shape index (κ3) is 2.04. The molecule has 0 unspecified atom stereocenters. The lowest BCUT2D eigenvalue weighted by Gasteiger charge is -2.30. The molecule has 4 heteroatoms. The minimum Gasteiger partial charge on any atom is -0.338 e. The topological polar surface area (TPSA) is 51.0 Å². The van der Waals surface area contributed by atoms with E-state index in [9.17, 15) is 0 Å². The molecule has 1 saturated heterocycles. The van der Waals surface area contributed by atoms with Crippen molar-refractivity contribution in [3.63, 3.8) is 0 Å². The number of benzene rings is 1. The van der Waals surface area contributed by atoms with E-state index in [1.807, 2.05) is 30.3 Å². The molecule has 18 heavy (non-hydrogen) atoms. The van der Waals surface area contributed by atoms with E-state index in [1.165, 1.54) is 0 Å². The number of nitrogens with one attached hydrogen (secondary N) is 1. The monoisotopic (exact) mass is 243 g/mol. The minimum absolute atomic E-state index is 0.0191. The van der Waals surface area contributed by atoms with E-state index in [2.05, 4.69) is 22.4 Å². The molecule has 0 aliphatic carbocycles. The van der Waals surface area contributed by atoms with Gasteiger partial charge in [0, 0.05) is 11.0 Å². The maximum absolute atomic E-state index is 5.47. The number of rotatable bonds is 2. The maximum Gasteiger partial charge on any atom is 0.232 e. The molecule has 3 rings (SSSR count). The first-order valence-electron chi connectivity index (χ1n) is 6.38. The summed E-state index contributed by atoms with van der Waals surface area (Å²) in [5.41, 5.74) is 1.02. The van der Waals surface area contributed by atoms with Gasteiger partial charge in [-0.2, -0.15) is 4.98 Å².